The summed E-state index contributed by atoms with van der Waals surface area (Å²) >= 11 is 0. The van der Waals surface area contributed by atoms with E-state index in [9.17, 15) is 27.2 Å². The van der Waals surface area contributed by atoms with Crippen molar-refractivity contribution in [2.24, 2.45) is 5.73 Å². The Morgan fingerprint density at radius 1 is 1.02 bits per heavy atom. The number of primary amides is 1. The molecule has 4 N–H and O–H groups in total. The number of nitrogens with one attached hydrogen (secondary N) is 2. The van der Waals surface area contributed by atoms with E-state index in [0.29, 0.717) is 22.4 Å². The summed E-state index contributed by atoms with van der Waals surface area (Å²) in [5.74, 6) is -3.26. The maximum absolute atomic E-state index is 13.5. The number of sulfonamides is 1. The molecular formula is C27H25FN6O5S. The van der Waals surface area contributed by atoms with E-state index in [1.54, 1.807) is 30.3 Å². The second-order valence-corrected chi connectivity index (χ2v) is 10.7. The molecule has 0 bridgehead atoms. The molecule has 0 saturated carbocycles. The fourth-order valence-corrected chi connectivity index (χ4v) is 4.35. The number of carbonyl (C=O) groups is 3. The summed E-state index contributed by atoms with van der Waals surface area (Å²) in [6.45, 7) is -0.133. The Bertz CT molecular complexity index is 1660. The first-order valence-electron chi connectivity index (χ1n) is 11.9. The molecule has 0 aliphatic carbocycles. The SMILES string of the molecule is CS(=O)(=O)NCc1cn(-c2ncccc2C(=O)NC(Cc2ccccc2)C(=O)C(N)=O)nc1-c1ccc(F)cc1. The molecule has 1 unspecified atom stereocenters. The number of nitrogens with zero attached hydrogens (tertiary/aromatic N) is 3. The fraction of sp³-hybridized carbons (Fsp3) is 0.148. The van der Waals surface area contributed by atoms with E-state index in [4.69, 9.17) is 5.73 Å². The van der Waals surface area contributed by atoms with Gasteiger partial charge in [-0.25, -0.2) is 27.2 Å². The summed E-state index contributed by atoms with van der Waals surface area (Å²) in [6.07, 6.45) is 3.96. The van der Waals surface area contributed by atoms with Crippen molar-refractivity contribution in [1.82, 2.24) is 24.8 Å². The number of carbonyl (C=O) groups excluding carboxylic acids is 3. The number of ketones is 1. The van der Waals surface area contributed by atoms with Gasteiger partial charge in [-0.2, -0.15) is 5.10 Å². The molecule has 0 aliphatic rings. The third-order valence-corrected chi connectivity index (χ3v) is 6.50. The summed E-state index contributed by atoms with van der Waals surface area (Å²) in [7, 11) is -3.56. The molecular weight excluding hydrogens is 539 g/mol. The first-order chi connectivity index (χ1) is 19.0. The third-order valence-electron chi connectivity index (χ3n) is 5.83. The van der Waals surface area contributed by atoms with Crippen LogP contribution in [0.4, 0.5) is 4.39 Å². The Kier molecular flexibility index (Phi) is 8.46. The van der Waals surface area contributed by atoms with Gasteiger partial charge in [-0.05, 0) is 42.0 Å². The second kappa shape index (κ2) is 12.0. The molecule has 4 aromatic rings. The van der Waals surface area contributed by atoms with Gasteiger partial charge in [0, 0.05) is 36.5 Å². The Labute approximate surface area is 229 Å². The lowest BCUT2D eigenvalue weighted by atomic mass is 10.0. The number of pyridine rings is 1. The standard InChI is InChI=1S/C27H25FN6O5S/c1-40(38,39)31-15-19-16-34(33-23(19)18-9-11-20(28)12-10-18)26-21(8-5-13-30-26)27(37)32-22(24(35)25(29)36)14-17-6-3-2-4-7-17/h2-13,16,22,31H,14-15H2,1H3,(H2,29,36)(H,32,37). The molecule has 0 radical (unpaired) electrons. The highest BCUT2D eigenvalue weighted by Crippen LogP contribution is 2.25. The monoisotopic (exact) mass is 564 g/mol. The van der Waals surface area contributed by atoms with Gasteiger partial charge in [0.15, 0.2) is 5.82 Å². The van der Waals surface area contributed by atoms with Crippen molar-refractivity contribution < 1.29 is 27.2 Å². The molecule has 11 nitrogen and oxygen atoms in total. The van der Waals surface area contributed by atoms with E-state index >= 15 is 0 Å². The second-order valence-electron chi connectivity index (χ2n) is 8.87. The molecule has 0 fully saturated rings. The van der Waals surface area contributed by atoms with Crippen LogP contribution < -0.4 is 15.8 Å². The topological polar surface area (TPSA) is 166 Å². The van der Waals surface area contributed by atoms with Crippen LogP contribution in [0.3, 0.4) is 0 Å². The Balaban J connectivity index is 1.70. The number of hydrogen-bond acceptors (Lipinski definition) is 7. The van der Waals surface area contributed by atoms with Crippen LogP contribution >= 0.6 is 0 Å². The van der Waals surface area contributed by atoms with E-state index in [1.165, 1.54) is 53.5 Å². The molecule has 1 atom stereocenters. The minimum absolute atomic E-state index is 0.0219. The number of halogens is 1. The van der Waals surface area contributed by atoms with Gasteiger partial charge in [0.2, 0.25) is 15.8 Å². The van der Waals surface area contributed by atoms with E-state index < -0.39 is 39.5 Å². The van der Waals surface area contributed by atoms with Gasteiger partial charge in [0.25, 0.3) is 11.8 Å². The zero-order valence-corrected chi connectivity index (χ0v) is 22.1. The van der Waals surface area contributed by atoms with Gasteiger partial charge in [-0.15, -0.1) is 0 Å². The Hall–Kier alpha value is -4.75. The molecule has 2 aromatic carbocycles. The summed E-state index contributed by atoms with van der Waals surface area (Å²) in [4.78, 5) is 41.9. The van der Waals surface area contributed by atoms with Crippen LogP contribution in [0.5, 0.6) is 0 Å². The van der Waals surface area contributed by atoms with Crippen molar-refractivity contribution in [3.05, 3.63) is 102 Å². The van der Waals surface area contributed by atoms with Crippen LogP contribution in [0, 0.1) is 5.82 Å². The number of amides is 2. The Morgan fingerprint density at radius 2 is 1.73 bits per heavy atom. The molecule has 2 heterocycles. The lowest BCUT2D eigenvalue weighted by Crippen LogP contribution is -2.47. The molecule has 13 heteroatoms. The predicted molar refractivity (Wildman–Crippen MR) is 144 cm³/mol. The van der Waals surface area contributed by atoms with E-state index in [0.717, 1.165) is 6.26 Å². The number of hydrogen-bond donors (Lipinski definition) is 3. The van der Waals surface area contributed by atoms with Crippen LogP contribution in [-0.4, -0.2) is 53.1 Å². The smallest absolute Gasteiger partial charge is 0.287 e. The minimum atomic E-state index is -3.56. The van der Waals surface area contributed by atoms with Gasteiger partial charge in [-0.1, -0.05) is 30.3 Å². The van der Waals surface area contributed by atoms with Crippen LogP contribution in [0.2, 0.25) is 0 Å². The summed E-state index contributed by atoms with van der Waals surface area (Å²) < 4.78 is 40.7. The van der Waals surface area contributed by atoms with E-state index in [1.807, 2.05) is 0 Å². The first kappa shape index (κ1) is 28.3. The normalized spacial score (nSPS) is 12.1. The minimum Gasteiger partial charge on any atom is -0.363 e. The van der Waals surface area contributed by atoms with Crippen molar-refractivity contribution >= 4 is 27.6 Å². The van der Waals surface area contributed by atoms with Crippen LogP contribution in [0.15, 0.2) is 79.1 Å². The van der Waals surface area contributed by atoms with Crippen LogP contribution in [0.25, 0.3) is 17.1 Å². The first-order valence-corrected chi connectivity index (χ1v) is 13.8. The predicted octanol–water partition coefficient (Wildman–Crippen LogP) is 1.52. The summed E-state index contributed by atoms with van der Waals surface area (Å²) in [5.41, 5.74) is 7.22. The Morgan fingerprint density at radius 3 is 2.38 bits per heavy atom. The van der Waals surface area contributed by atoms with E-state index in [-0.39, 0.29) is 24.3 Å². The zero-order valence-electron chi connectivity index (χ0n) is 21.2. The van der Waals surface area contributed by atoms with Crippen molar-refractivity contribution in [3.8, 4) is 17.1 Å². The number of Topliss-reactive ketones (excluding diaryl/α,β-unsaturated/α-hetero) is 1. The zero-order chi connectivity index (χ0) is 28.9. The third kappa shape index (κ3) is 7.01. The highest BCUT2D eigenvalue weighted by molar-refractivity contribution is 7.88. The number of aromatic nitrogens is 3. The average molecular weight is 565 g/mol. The van der Waals surface area contributed by atoms with Gasteiger partial charge in [0.1, 0.15) is 11.9 Å². The summed E-state index contributed by atoms with van der Waals surface area (Å²) in [5, 5.41) is 7.08. The molecule has 206 valence electrons. The summed E-state index contributed by atoms with van der Waals surface area (Å²) in [6, 6.07) is 16.0. The number of benzene rings is 2. The maximum atomic E-state index is 13.5. The van der Waals surface area contributed by atoms with Crippen molar-refractivity contribution in [3.63, 3.8) is 0 Å². The van der Waals surface area contributed by atoms with Crippen LogP contribution in [-0.2, 0) is 32.6 Å². The van der Waals surface area contributed by atoms with Gasteiger partial charge in [-0.3, -0.25) is 14.4 Å². The number of nitrogens with two attached hydrogens (primary N) is 1. The van der Waals surface area contributed by atoms with Gasteiger partial charge < -0.3 is 11.1 Å². The lowest BCUT2D eigenvalue weighted by molar-refractivity contribution is -0.137. The van der Waals surface area contributed by atoms with Crippen LogP contribution in [0.1, 0.15) is 21.5 Å². The fourth-order valence-electron chi connectivity index (χ4n) is 3.93. The molecule has 0 saturated heterocycles. The molecule has 2 amide bonds. The molecule has 4 rings (SSSR count). The highest BCUT2D eigenvalue weighted by Gasteiger charge is 2.27. The van der Waals surface area contributed by atoms with Gasteiger partial charge in [0.05, 0.1) is 17.5 Å². The van der Waals surface area contributed by atoms with E-state index in [2.05, 4.69) is 20.1 Å². The average Bonchev–Trinajstić information content (AvgIpc) is 3.36. The largest absolute Gasteiger partial charge is 0.363 e. The molecule has 2 aromatic heterocycles. The lowest BCUT2D eigenvalue weighted by Gasteiger charge is -2.17. The quantitative estimate of drug-likeness (QED) is 0.232. The molecule has 40 heavy (non-hydrogen) atoms. The van der Waals surface area contributed by atoms with Crippen molar-refractivity contribution in [2.75, 3.05) is 6.26 Å². The maximum Gasteiger partial charge on any atom is 0.287 e. The van der Waals surface area contributed by atoms with Crippen molar-refractivity contribution in [2.45, 2.75) is 19.0 Å². The molecule has 0 spiro atoms. The van der Waals surface area contributed by atoms with Crippen molar-refractivity contribution in [1.29, 1.82) is 0 Å². The number of rotatable bonds is 11. The highest BCUT2D eigenvalue weighted by atomic mass is 32.2. The van der Waals surface area contributed by atoms with Gasteiger partial charge >= 0.3 is 0 Å². The molecule has 0 aliphatic heterocycles.